The molecule has 0 unspecified atom stereocenters. The Hall–Kier alpha value is -1.13. The lowest BCUT2D eigenvalue weighted by Crippen LogP contribution is -2.16. The van der Waals surface area contributed by atoms with Crippen LogP contribution in [0.25, 0.3) is 11.0 Å². The zero-order valence-corrected chi connectivity index (χ0v) is 10.3. The fraction of sp³-hybridized carbons (Fsp3) is 0.250. The molecule has 2 aromatic rings. The van der Waals surface area contributed by atoms with Gasteiger partial charge in [-0.15, -0.1) is 0 Å². The van der Waals surface area contributed by atoms with E-state index in [-0.39, 0.29) is 12.2 Å². The Kier molecular flexibility index (Phi) is 3.41. The third kappa shape index (κ3) is 1.90. The first-order valence-corrected chi connectivity index (χ1v) is 6.19. The topological polar surface area (TPSA) is 56.2 Å². The second-order valence-corrected chi connectivity index (χ2v) is 4.28. The Balaban J connectivity index is 2.81. The van der Waals surface area contributed by atoms with Gasteiger partial charge in [-0.1, -0.05) is 34.1 Å². The molecule has 0 saturated carbocycles. The number of aryl methyl sites for hydroxylation is 1. The van der Waals surface area contributed by atoms with E-state index in [0.29, 0.717) is 11.1 Å². The minimum Gasteiger partial charge on any atom is -0.422 e. The summed E-state index contributed by atoms with van der Waals surface area (Å²) in [5.41, 5.74) is 7.47. The highest BCUT2D eigenvalue weighted by molar-refractivity contribution is 9.09. The summed E-state index contributed by atoms with van der Waals surface area (Å²) in [6, 6.07) is 7.54. The molecule has 0 amide bonds. The van der Waals surface area contributed by atoms with E-state index in [1.807, 2.05) is 18.2 Å². The molecular weight excluding hydrogens is 270 g/mol. The average molecular weight is 282 g/mol. The van der Waals surface area contributed by atoms with Gasteiger partial charge in [0, 0.05) is 17.3 Å². The molecule has 0 aliphatic heterocycles. The molecule has 0 atom stereocenters. The highest BCUT2D eigenvalue weighted by Crippen LogP contribution is 2.20. The number of hydrogen-bond acceptors (Lipinski definition) is 3. The smallest absolute Gasteiger partial charge is 0.341 e. The molecule has 4 heteroatoms. The van der Waals surface area contributed by atoms with Crippen molar-refractivity contribution in [1.29, 1.82) is 0 Å². The average Bonchev–Trinajstić information content (AvgIpc) is 2.29. The third-order valence-electron chi connectivity index (χ3n) is 2.57. The maximum Gasteiger partial charge on any atom is 0.341 e. The van der Waals surface area contributed by atoms with Crippen molar-refractivity contribution in [3.63, 3.8) is 0 Å². The Morgan fingerprint density at radius 2 is 2.00 bits per heavy atom. The number of halogens is 1. The molecule has 0 saturated heterocycles. The molecule has 1 aromatic heterocycles. The fourth-order valence-electron chi connectivity index (χ4n) is 1.84. The van der Waals surface area contributed by atoms with E-state index >= 15 is 0 Å². The van der Waals surface area contributed by atoms with Gasteiger partial charge in [0.05, 0.1) is 5.56 Å². The number of alkyl halides is 1. The van der Waals surface area contributed by atoms with E-state index < -0.39 is 0 Å². The number of para-hydroxylation sites is 1. The van der Waals surface area contributed by atoms with E-state index in [0.717, 1.165) is 22.7 Å². The van der Waals surface area contributed by atoms with Crippen LogP contribution in [0.2, 0.25) is 0 Å². The minimum atomic E-state index is -0.322. The van der Waals surface area contributed by atoms with Crippen molar-refractivity contribution in [2.24, 2.45) is 5.73 Å². The van der Waals surface area contributed by atoms with Gasteiger partial charge in [-0.2, -0.15) is 0 Å². The van der Waals surface area contributed by atoms with Gasteiger partial charge < -0.3 is 10.2 Å². The van der Waals surface area contributed by atoms with Gasteiger partial charge in [0.1, 0.15) is 5.58 Å². The van der Waals surface area contributed by atoms with Crippen LogP contribution in [0.3, 0.4) is 0 Å². The summed E-state index contributed by atoms with van der Waals surface area (Å²) in [5, 5.41) is 1.77. The van der Waals surface area contributed by atoms with Gasteiger partial charge >= 0.3 is 5.63 Å². The predicted molar refractivity (Wildman–Crippen MR) is 67.9 cm³/mol. The molecule has 0 aliphatic rings. The molecule has 2 rings (SSSR count). The van der Waals surface area contributed by atoms with E-state index in [9.17, 15) is 4.79 Å². The molecule has 0 aliphatic carbocycles. The van der Waals surface area contributed by atoms with Crippen LogP contribution in [0.15, 0.2) is 33.5 Å². The number of fused-ring (bicyclic) bond motifs is 1. The van der Waals surface area contributed by atoms with Gasteiger partial charge in [0.15, 0.2) is 0 Å². The maximum atomic E-state index is 11.7. The molecule has 16 heavy (non-hydrogen) atoms. The van der Waals surface area contributed by atoms with Gasteiger partial charge in [0.2, 0.25) is 0 Å². The SMILES string of the molecule is NCc1c(CCBr)c2ccccc2oc1=O. The second kappa shape index (κ2) is 4.80. The molecule has 0 bridgehead atoms. The third-order valence-corrected chi connectivity index (χ3v) is 2.97. The normalized spacial score (nSPS) is 10.9. The Labute approximate surface area is 101 Å². The predicted octanol–water partition coefficient (Wildman–Crippen LogP) is 2.19. The largest absolute Gasteiger partial charge is 0.422 e. The van der Waals surface area contributed by atoms with E-state index in [2.05, 4.69) is 15.9 Å². The van der Waals surface area contributed by atoms with E-state index in [1.54, 1.807) is 6.07 Å². The lowest BCUT2D eigenvalue weighted by Gasteiger charge is -2.08. The van der Waals surface area contributed by atoms with Crippen molar-refractivity contribution in [3.8, 4) is 0 Å². The highest BCUT2D eigenvalue weighted by atomic mass is 79.9. The van der Waals surface area contributed by atoms with Crippen LogP contribution in [0.1, 0.15) is 11.1 Å². The monoisotopic (exact) mass is 281 g/mol. The van der Waals surface area contributed by atoms with Crippen molar-refractivity contribution in [1.82, 2.24) is 0 Å². The molecule has 0 radical (unpaired) electrons. The summed E-state index contributed by atoms with van der Waals surface area (Å²) in [7, 11) is 0. The van der Waals surface area contributed by atoms with Crippen LogP contribution in [0.5, 0.6) is 0 Å². The first-order valence-electron chi connectivity index (χ1n) is 5.07. The summed E-state index contributed by atoms with van der Waals surface area (Å²) >= 11 is 3.39. The summed E-state index contributed by atoms with van der Waals surface area (Å²) in [6.07, 6.45) is 0.776. The Bertz CT molecular complexity index is 562. The van der Waals surface area contributed by atoms with Crippen molar-refractivity contribution >= 4 is 26.9 Å². The standard InChI is InChI=1S/C12H12BrNO2/c13-6-5-8-9-3-1-2-4-11(9)16-12(15)10(8)7-14/h1-4H,5-7,14H2. The lowest BCUT2D eigenvalue weighted by molar-refractivity contribution is 0.548. The molecular formula is C12H12BrNO2. The van der Waals surface area contributed by atoms with Crippen molar-refractivity contribution in [3.05, 3.63) is 45.8 Å². The summed E-state index contributed by atoms with van der Waals surface area (Å²) in [4.78, 5) is 11.7. The molecule has 0 spiro atoms. The van der Waals surface area contributed by atoms with Crippen LogP contribution in [0.4, 0.5) is 0 Å². The first-order chi connectivity index (χ1) is 7.77. The van der Waals surface area contributed by atoms with Crippen LogP contribution >= 0.6 is 15.9 Å². The van der Waals surface area contributed by atoms with Crippen LogP contribution in [-0.2, 0) is 13.0 Å². The quantitative estimate of drug-likeness (QED) is 0.693. The summed E-state index contributed by atoms with van der Waals surface area (Å²) in [5.74, 6) is 0. The molecule has 1 aromatic carbocycles. The number of hydrogen-bond donors (Lipinski definition) is 1. The molecule has 0 fully saturated rings. The lowest BCUT2D eigenvalue weighted by atomic mass is 10.0. The molecule has 84 valence electrons. The van der Waals surface area contributed by atoms with Crippen LogP contribution in [-0.4, -0.2) is 5.33 Å². The van der Waals surface area contributed by atoms with Gasteiger partial charge in [-0.25, -0.2) is 4.79 Å². The second-order valence-electron chi connectivity index (χ2n) is 3.49. The van der Waals surface area contributed by atoms with Crippen molar-refractivity contribution in [2.45, 2.75) is 13.0 Å². The Morgan fingerprint density at radius 1 is 1.25 bits per heavy atom. The number of benzene rings is 1. The molecule has 2 N–H and O–H groups in total. The van der Waals surface area contributed by atoms with Gasteiger partial charge in [-0.05, 0) is 18.1 Å². The van der Waals surface area contributed by atoms with Gasteiger partial charge in [-0.3, -0.25) is 0 Å². The zero-order valence-electron chi connectivity index (χ0n) is 8.70. The molecule has 3 nitrogen and oxygen atoms in total. The van der Waals surface area contributed by atoms with E-state index in [1.165, 1.54) is 0 Å². The molecule has 1 heterocycles. The first kappa shape index (κ1) is 11.4. The highest BCUT2D eigenvalue weighted by Gasteiger charge is 2.11. The fourth-order valence-corrected chi connectivity index (χ4v) is 2.24. The minimum absolute atomic E-state index is 0.218. The maximum absolute atomic E-state index is 11.7. The van der Waals surface area contributed by atoms with Crippen molar-refractivity contribution in [2.75, 3.05) is 5.33 Å². The zero-order chi connectivity index (χ0) is 11.5. The van der Waals surface area contributed by atoms with Crippen molar-refractivity contribution < 1.29 is 4.42 Å². The Morgan fingerprint density at radius 3 is 2.69 bits per heavy atom. The summed E-state index contributed by atoms with van der Waals surface area (Å²) in [6.45, 7) is 0.218. The number of rotatable bonds is 3. The van der Waals surface area contributed by atoms with Crippen LogP contribution in [0, 0.1) is 0 Å². The number of nitrogens with two attached hydrogens (primary N) is 1. The van der Waals surface area contributed by atoms with Crippen LogP contribution < -0.4 is 11.4 Å². The van der Waals surface area contributed by atoms with Gasteiger partial charge in [0.25, 0.3) is 0 Å². The van der Waals surface area contributed by atoms with E-state index in [4.69, 9.17) is 10.2 Å². The summed E-state index contributed by atoms with van der Waals surface area (Å²) < 4.78 is 5.22.